The summed E-state index contributed by atoms with van der Waals surface area (Å²) in [6.45, 7) is 3.18. The molecule has 0 aliphatic heterocycles. The standard InChI is InChI=1S/C21H23ClN6O2/c1-12-2-4-13(5-3-12)11-28-7-6-16-18(28)17(14-8-15(22)10-25-9-14)27-20(26-16)19(23)30-21(24)29/h6-10,12-13,23H,2-5,11H2,1H3,(H2,24,29). The molecule has 0 radical (unpaired) electrons. The molecule has 3 N–H and O–H groups in total. The maximum Gasteiger partial charge on any atom is 0.411 e. The first-order valence-corrected chi connectivity index (χ1v) is 10.3. The van der Waals surface area contributed by atoms with E-state index in [4.69, 9.17) is 22.7 Å². The summed E-state index contributed by atoms with van der Waals surface area (Å²) in [5, 5.41) is 8.45. The minimum absolute atomic E-state index is 0.0273. The van der Waals surface area contributed by atoms with Gasteiger partial charge in [0.2, 0.25) is 5.82 Å². The molecule has 4 rings (SSSR count). The second-order valence-corrected chi connectivity index (χ2v) is 8.30. The lowest BCUT2D eigenvalue weighted by molar-refractivity contribution is 0.207. The smallest absolute Gasteiger partial charge is 0.388 e. The van der Waals surface area contributed by atoms with E-state index in [1.807, 2.05) is 12.3 Å². The number of rotatable bonds is 4. The highest BCUT2D eigenvalue weighted by Crippen LogP contribution is 2.33. The van der Waals surface area contributed by atoms with E-state index in [0.29, 0.717) is 27.7 Å². The van der Waals surface area contributed by atoms with Crippen LogP contribution in [0.1, 0.15) is 38.4 Å². The van der Waals surface area contributed by atoms with Gasteiger partial charge in [-0.15, -0.1) is 0 Å². The number of aromatic nitrogens is 4. The summed E-state index contributed by atoms with van der Waals surface area (Å²) in [7, 11) is 0. The highest BCUT2D eigenvalue weighted by Gasteiger charge is 2.22. The first-order valence-electron chi connectivity index (χ1n) is 9.94. The number of nitrogens with zero attached hydrogens (tertiary/aromatic N) is 4. The number of halogens is 1. The number of ether oxygens (including phenoxy) is 1. The first kappa shape index (κ1) is 20.3. The van der Waals surface area contributed by atoms with Crippen molar-refractivity contribution in [2.75, 3.05) is 0 Å². The van der Waals surface area contributed by atoms with Crippen LogP contribution in [0.2, 0.25) is 5.02 Å². The lowest BCUT2D eigenvalue weighted by atomic mass is 9.83. The van der Waals surface area contributed by atoms with Crippen molar-refractivity contribution < 1.29 is 9.53 Å². The molecule has 9 heteroatoms. The number of carbonyl (C=O) groups excluding carboxylic acids is 1. The molecule has 3 aromatic heterocycles. The van der Waals surface area contributed by atoms with Gasteiger partial charge in [0.1, 0.15) is 5.69 Å². The number of hydrogen-bond acceptors (Lipinski definition) is 6. The summed E-state index contributed by atoms with van der Waals surface area (Å²) in [5.41, 5.74) is 7.81. The second kappa shape index (κ2) is 8.39. The van der Waals surface area contributed by atoms with Gasteiger partial charge in [0, 0.05) is 30.7 Å². The number of nitrogens with one attached hydrogen (secondary N) is 1. The molecular formula is C21H23ClN6O2. The molecule has 0 atom stereocenters. The van der Waals surface area contributed by atoms with Crippen molar-refractivity contribution in [1.29, 1.82) is 5.41 Å². The van der Waals surface area contributed by atoms with Crippen molar-refractivity contribution in [3.8, 4) is 11.3 Å². The Morgan fingerprint density at radius 2 is 2.07 bits per heavy atom. The van der Waals surface area contributed by atoms with Gasteiger partial charge in [-0.2, -0.15) is 0 Å². The molecule has 0 spiro atoms. The van der Waals surface area contributed by atoms with E-state index >= 15 is 0 Å². The van der Waals surface area contributed by atoms with Gasteiger partial charge < -0.3 is 15.0 Å². The fraction of sp³-hybridized carbons (Fsp3) is 0.381. The number of carbonyl (C=O) groups is 1. The molecule has 0 bridgehead atoms. The van der Waals surface area contributed by atoms with Crippen LogP contribution in [0, 0.1) is 17.2 Å². The number of amides is 1. The van der Waals surface area contributed by atoms with Gasteiger partial charge in [-0.3, -0.25) is 10.4 Å². The second-order valence-electron chi connectivity index (χ2n) is 7.87. The van der Waals surface area contributed by atoms with Crippen molar-refractivity contribution in [3.05, 3.63) is 41.6 Å². The summed E-state index contributed by atoms with van der Waals surface area (Å²) in [6, 6.07) is 3.64. The Balaban J connectivity index is 1.79. The topological polar surface area (TPSA) is 120 Å². The molecule has 3 heterocycles. The molecule has 156 valence electrons. The van der Waals surface area contributed by atoms with E-state index in [0.717, 1.165) is 18.0 Å². The average Bonchev–Trinajstić information content (AvgIpc) is 3.11. The molecule has 8 nitrogen and oxygen atoms in total. The summed E-state index contributed by atoms with van der Waals surface area (Å²) in [6.07, 6.45) is 9.00. The van der Waals surface area contributed by atoms with Crippen LogP contribution in [0.15, 0.2) is 30.7 Å². The van der Waals surface area contributed by atoms with Crippen LogP contribution in [0.4, 0.5) is 4.79 Å². The van der Waals surface area contributed by atoms with Crippen molar-refractivity contribution in [3.63, 3.8) is 0 Å². The van der Waals surface area contributed by atoms with Crippen molar-refractivity contribution in [2.45, 2.75) is 39.2 Å². The largest absolute Gasteiger partial charge is 0.411 e. The maximum atomic E-state index is 11.1. The normalized spacial score (nSPS) is 19.0. The Bertz CT molecular complexity index is 1100. The molecule has 0 unspecified atom stereocenters. The zero-order chi connectivity index (χ0) is 21.3. The lowest BCUT2D eigenvalue weighted by Crippen LogP contribution is -2.21. The Labute approximate surface area is 178 Å². The molecule has 30 heavy (non-hydrogen) atoms. The monoisotopic (exact) mass is 426 g/mol. The third kappa shape index (κ3) is 4.28. The third-order valence-corrected chi connectivity index (χ3v) is 5.79. The Hall–Kier alpha value is -3.00. The predicted octanol–water partition coefficient (Wildman–Crippen LogP) is 4.39. The van der Waals surface area contributed by atoms with E-state index in [1.165, 1.54) is 25.7 Å². The van der Waals surface area contributed by atoms with E-state index in [-0.39, 0.29) is 5.82 Å². The zero-order valence-electron chi connectivity index (χ0n) is 16.6. The van der Waals surface area contributed by atoms with Crippen LogP contribution in [0.3, 0.4) is 0 Å². The average molecular weight is 427 g/mol. The quantitative estimate of drug-likeness (QED) is 0.473. The van der Waals surface area contributed by atoms with Gasteiger partial charge in [0.05, 0.1) is 16.1 Å². The molecule has 1 saturated carbocycles. The molecule has 0 aromatic carbocycles. The summed E-state index contributed by atoms with van der Waals surface area (Å²) in [4.78, 5) is 24.2. The lowest BCUT2D eigenvalue weighted by Gasteiger charge is -2.26. The zero-order valence-corrected chi connectivity index (χ0v) is 17.4. The van der Waals surface area contributed by atoms with Gasteiger partial charge in [0.25, 0.3) is 5.90 Å². The van der Waals surface area contributed by atoms with Crippen LogP contribution >= 0.6 is 11.6 Å². The Morgan fingerprint density at radius 3 is 2.77 bits per heavy atom. The number of fused-ring (bicyclic) bond motifs is 1. The number of pyridine rings is 1. The van der Waals surface area contributed by atoms with Crippen LogP contribution in [0.5, 0.6) is 0 Å². The number of primary amides is 1. The van der Waals surface area contributed by atoms with Gasteiger partial charge in [-0.1, -0.05) is 31.4 Å². The third-order valence-electron chi connectivity index (χ3n) is 5.58. The van der Waals surface area contributed by atoms with E-state index in [1.54, 1.807) is 18.5 Å². The van der Waals surface area contributed by atoms with Gasteiger partial charge in [-0.05, 0) is 36.8 Å². The van der Waals surface area contributed by atoms with Gasteiger partial charge in [-0.25, -0.2) is 14.8 Å². The number of hydrogen-bond donors (Lipinski definition) is 2. The van der Waals surface area contributed by atoms with Crippen molar-refractivity contribution >= 4 is 34.6 Å². The van der Waals surface area contributed by atoms with E-state index in [2.05, 4.69) is 31.2 Å². The van der Waals surface area contributed by atoms with Crippen LogP contribution in [-0.2, 0) is 11.3 Å². The molecular weight excluding hydrogens is 404 g/mol. The summed E-state index contributed by atoms with van der Waals surface area (Å²) in [5.74, 6) is 0.853. The van der Waals surface area contributed by atoms with Crippen molar-refractivity contribution in [2.24, 2.45) is 17.6 Å². The minimum atomic E-state index is -1.08. The van der Waals surface area contributed by atoms with E-state index in [9.17, 15) is 4.79 Å². The molecule has 1 fully saturated rings. The molecule has 1 amide bonds. The van der Waals surface area contributed by atoms with Crippen LogP contribution < -0.4 is 5.73 Å². The van der Waals surface area contributed by atoms with Crippen LogP contribution in [-0.4, -0.2) is 31.5 Å². The predicted molar refractivity (Wildman–Crippen MR) is 114 cm³/mol. The van der Waals surface area contributed by atoms with Gasteiger partial charge >= 0.3 is 6.09 Å². The Morgan fingerprint density at radius 1 is 1.30 bits per heavy atom. The minimum Gasteiger partial charge on any atom is -0.388 e. The van der Waals surface area contributed by atoms with Crippen LogP contribution in [0.25, 0.3) is 22.3 Å². The van der Waals surface area contributed by atoms with E-state index < -0.39 is 12.0 Å². The highest BCUT2D eigenvalue weighted by atomic mass is 35.5. The highest BCUT2D eigenvalue weighted by molar-refractivity contribution is 6.30. The fourth-order valence-electron chi connectivity index (χ4n) is 4.04. The summed E-state index contributed by atoms with van der Waals surface area (Å²) >= 11 is 6.16. The molecule has 1 aliphatic carbocycles. The SMILES string of the molecule is CC1CCC(Cn2ccc3nc(C(=N)OC(N)=O)nc(-c4cncc(Cl)c4)c32)CC1. The maximum absolute atomic E-state index is 11.1. The number of nitrogens with two attached hydrogens (primary N) is 1. The molecule has 3 aromatic rings. The van der Waals surface area contributed by atoms with Gasteiger partial charge in [0.15, 0.2) is 0 Å². The van der Waals surface area contributed by atoms with Crippen molar-refractivity contribution in [1.82, 2.24) is 19.5 Å². The first-order chi connectivity index (χ1) is 14.4. The fourth-order valence-corrected chi connectivity index (χ4v) is 4.21. The summed E-state index contributed by atoms with van der Waals surface area (Å²) < 4.78 is 6.85. The molecule has 1 aliphatic rings. The Kier molecular flexibility index (Phi) is 5.67. The molecule has 0 saturated heterocycles.